The standard InChI is InChI=1S/C19H16BrN3O/c1-2-18-22-17-11-10-15(20)13-16(17)19(24)23(18)21-12-6-9-14-7-4-3-5-8-14/h3-13H,2H2,1H3/b9-6+,21-12?. The molecular weight excluding hydrogens is 366 g/mol. The van der Waals surface area contributed by atoms with Gasteiger partial charge in [-0.25, -0.2) is 4.98 Å². The molecule has 0 bridgehead atoms. The van der Waals surface area contributed by atoms with E-state index in [9.17, 15) is 4.79 Å². The van der Waals surface area contributed by atoms with E-state index in [1.807, 2.05) is 61.5 Å². The minimum Gasteiger partial charge on any atom is -0.267 e. The molecule has 120 valence electrons. The second-order valence-electron chi connectivity index (χ2n) is 5.19. The molecule has 0 spiro atoms. The van der Waals surface area contributed by atoms with Crippen molar-refractivity contribution >= 4 is 39.1 Å². The molecule has 0 aliphatic heterocycles. The highest BCUT2D eigenvalue weighted by Gasteiger charge is 2.09. The fraction of sp³-hybridized carbons (Fsp3) is 0.105. The Morgan fingerprint density at radius 1 is 1.21 bits per heavy atom. The van der Waals surface area contributed by atoms with Gasteiger partial charge in [-0.3, -0.25) is 4.79 Å². The molecule has 5 heteroatoms. The van der Waals surface area contributed by atoms with Crippen LogP contribution in [0.25, 0.3) is 17.0 Å². The number of allylic oxidation sites excluding steroid dienone is 1. The molecular formula is C19H16BrN3O. The summed E-state index contributed by atoms with van der Waals surface area (Å²) in [5.41, 5.74) is 1.60. The first-order valence-corrected chi connectivity index (χ1v) is 8.45. The number of aromatic nitrogens is 2. The van der Waals surface area contributed by atoms with Crippen LogP contribution in [0.1, 0.15) is 18.3 Å². The van der Waals surface area contributed by atoms with Crippen molar-refractivity contribution in [2.24, 2.45) is 5.10 Å². The molecule has 3 rings (SSSR count). The number of hydrogen-bond donors (Lipinski definition) is 0. The quantitative estimate of drug-likeness (QED) is 0.633. The second-order valence-corrected chi connectivity index (χ2v) is 6.11. The number of halogens is 1. The lowest BCUT2D eigenvalue weighted by Gasteiger charge is -2.07. The molecule has 0 aliphatic carbocycles. The van der Waals surface area contributed by atoms with Gasteiger partial charge in [-0.05, 0) is 29.8 Å². The van der Waals surface area contributed by atoms with E-state index in [0.717, 1.165) is 10.0 Å². The van der Waals surface area contributed by atoms with E-state index in [2.05, 4.69) is 26.0 Å². The Kier molecular flexibility index (Phi) is 5.01. The van der Waals surface area contributed by atoms with Gasteiger partial charge in [0.15, 0.2) is 0 Å². The smallest absolute Gasteiger partial charge is 0.267 e. The van der Waals surface area contributed by atoms with Crippen molar-refractivity contribution in [2.75, 3.05) is 0 Å². The van der Waals surface area contributed by atoms with E-state index >= 15 is 0 Å². The first-order chi connectivity index (χ1) is 11.7. The first-order valence-electron chi connectivity index (χ1n) is 7.66. The highest BCUT2D eigenvalue weighted by molar-refractivity contribution is 9.10. The van der Waals surface area contributed by atoms with E-state index in [1.54, 1.807) is 12.3 Å². The van der Waals surface area contributed by atoms with Crippen LogP contribution >= 0.6 is 15.9 Å². The molecule has 0 amide bonds. The maximum absolute atomic E-state index is 12.7. The summed E-state index contributed by atoms with van der Waals surface area (Å²) in [6.45, 7) is 1.96. The van der Waals surface area contributed by atoms with Crippen molar-refractivity contribution < 1.29 is 0 Å². The highest BCUT2D eigenvalue weighted by atomic mass is 79.9. The van der Waals surface area contributed by atoms with E-state index in [0.29, 0.717) is 23.1 Å². The van der Waals surface area contributed by atoms with Crippen LogP contribution in [0, 0.1) is 0 Å². The molecule has 24 heavy (non-hydrogen) atoms. The number of benzene rings is 2. The molecule has 0 N–H and O–H groups in total. The van der Waals surface area contributed by atoms with Gasteiger partial charge in [0.1, 0.15) is 5.82 Å². The topological polar surface area (TPSA) is 47.2 Å². The SMILES string of the molecule is CCc1nc2ccc(Br)cc2c(=O)n1N=C/C=C/c1ccccc1. The third-order valence-corrected chi connectivity index (χ3v) is 4.04. The average molecular weight is 382 g/mol. The van der Waals surface area contributed by atoms with Crippen molar-refractivity contribution in [3.8, 4) is 0 Å². The van der Waals surface area contributed by atoms with Gasteiger partial charge in [0, 0.05) is 17.1 Å². The van der Waals surface area contributed by atoms with Crippen LogP contribution in [0.5, 0.6) is 0 Å². The Morgan fingerprint density at radius 3 is 2.75 bits per heavy atom. The lowest BCUT2D eigenvalue weighted by molar-refractivity contribution is 0.735. The number of nitrogens with zero attached hydrogens (tertiary/aromatic N) is 3. The molecule has 0 atom stereocenters. The van der Waals surface area contributed by atoms with Crippen LogP contribution in [0.3, 0.4) is 0 Å². The number of hydrogen-bond acceptors (Lipinski definition) is 3. The van der Waals surface area contributed by atoms with Crippen molar-refractivity contribution in [3.63, 3.8) is 0 Å². The summed E-state index contributed by atoms with van der Waals surface area (Å²) in [4.78, 5) is 17.2. The molecule has 0 saturated heterocycles. The Balaban J connectivity index is 1.99. The monoisotopic (exact) mass is 381 g/mol. The molecule has 0 fully saturated rings. The van der Waals surface area contributed by atoms with Crippen molar-refractivity contribution in [3.05, 3.63) is 80.8 Å². The summed E-state index contributed by atoms with van der Waals surface area (Å²) >= 11 is 3.39. The number of aryl methyl sites for hydroxylation is 1. The van der Waals surface area contributed by atoms with E-state index in [4.69, 9.17) is 0 Å². The van der Waals surface area contributed by atoms with Gasteiger partial charge in [0.05, 0.1) is 10.9 Å². The van der Waals surface area contributed by atoms with Crippen LogP contribution in [0.2, 0.25) is 0 Å². The Labute approximate surface area is 148 Å². The number of fused-ring (bicyclic) bond motifs is 1. The van der Waals surface area contributed by atoms with Gasteiger partial charge in [-0.2, -0.15) is 9.78 Å². The van der Waals surface area contributed by atoms with Gasteiger partial charge < -0.3 is 0 Å². The Morgan fingerprint density at radius 2 is 2.00 bits per heavy atom. The van der Waals surface area contributed by atoms with Crippen molar-refractivity contribution in [1.29, 1.82) is 0 Å². The lowest BCUT2D eigenvalue weighted by Crippen LogP contribution is -2.22. The largest absolute Gasteiger partial charge is 0.282 e. The first kappa shape index (κ1) is 16.3. The minimum absolute atomic E-state index is 0.164. The van der Waals surface area contributed by atoms with Crippen LogP contribution in [0.4, 0.5) is 0 Å². The van der Waals surface area contributed by atoms with Crippen LogP contribution in [0.15, 0.2) is 69.0 Å². The Hall–Kier alpha value is -2.53. The lowest BCUT2D eigenvalue weighted by atomic mass is 10.2. The zero-order valence-corrected chi connectivity index (χ0v) is 14.8. The summed E-state index contributed by atoms with van der Waals surface area (Å²) in [7, 11) is 0. The van der Waals surface area contributed by atoms with E-state index in [-0.39, 0.29) is 5.56 Å². The van der Waals surface area contributed by atoms with Crippen molar-refractivity contribution in [2.45, 2.75) is 13.3 Å². The molecule has 0 aliphatic rings. The summed E-state index contributed by atoms with van der Waals surface area (Å²) in [6, 6.07) is 15.4. The van der Waals surface area contributed by atoms with Gasteiger partial charge in [0.25, 0.3) is 5.56 Å². The molecule has 0 saturated carbocycles. The van der Waals surface area contributed by atoms with Gasteiger partial charge in [-0.15, -0.1) is 0 Å². The van der Waals surface area contributed by atoms with Crippen LogP contribution in [-0.2, 0) is 6.42 Å². The highest BCUT2D eigenvalue weighted by Crippen LogP contribution is 2.16. The van der Waals surface area contributed by atoms with Gasteiger partial charge in [-0.1, -0.05) is 59.3 Å². The summed E-state index contributed by atoms with van der Waals surface area (Å²) in [5, 5.41) is 4.83. The zero-order valence-electron chi connectivity index (χ0n) is 13.2. The molecule has 0 radical (unpaired) electrons. The average Bonchev–Trinajstić information content (AvgIpc) is 2.61. The van der Waals surface area contributed by atoms with Gasteiger partial charge in [0.2, 0.25) is 0 Å². The molecule has 3 aromatic rings. The zero-order chi connectivity index (χ0) is 16.9. The van der Waals surface area contributed by atoms with E-state index in [1.165, 1.54) is 4.68 Å². The van der Waals surface area contributed by atoms with Crippen LogP contribution in [-0.4, -0.2) is 15.9 Å². The molecule has 2 aromatic carbocycles. The maximum atomic E-state index is 12.7. The summed E-state index contributed by atoms with van der Waals surface area (Å²) < 4.78 is 2.21. The fourth-order valence-corrected chi connectivity index (χ4v) is 2.73. The third-order valence-electron chi connectivity index (χ3n) is 3.55. The number of rotatable bonds is 4. The summed E-state index contributed by atoms with van der Waals surface area (Å²) in [5.74, 6) is 0.638. The predicted octanol–water partition coefficient (Wildman–Crippen LogP) is 4.27. The molecule has 1 heterocycles. The van der Waals surface area contributed by atoms with E-state index < -0.39 is 0 Å². The van der Waals surface area contributed by atoms with Crippen LogP contribution < -0.4 is 5.56 Å². The van der Waals surface area contributed by atoms with Crippen molar-refractivity contribution in [1.82, 2.24) is 9.66 Å². The molecule has 4 nitrogen and oxygen atoms in total. The van der Waals surface area contributed by atoms with Gasteiger partial charge >= 0.3 is 0 Å². The second kappa shape index (κ2) is 7.36. The Bertz CT molecular complexity index is 975. The molecule has 0 unspecified atom stereocenters. The summed E-state index contributed by atoms with van der Waals surface area (Å²) in [6.07, 6.45) is 5.98. The normalized spacial score (nSPS) is 11.8. The predicted molar refractivity (Wildman–Crippen MR) is 102 cm³/mol. The molecule has 1 aromatic heterocycles. The third kappa shape index (κ3) is 3.51. The maximum Gasteiger partial charge on any atom is 0.282 e. The minimum atomic E-state index is -0.164. The fourth-order valence-electron chi connectivity index (χ4n) is 2.37.